The number of nitrogens with one attached hydrogen (secondary N) is 1. The standard InChI is InChI=1S/C18H19N/c1-3-8-15(9-4-1)18(16-10-5-2-6-11-16)17-12-7-13-19-14-17/h1-6,8-11,19H,7,12-14H2. The van der Waals surface area contributed by atoms with E-state index in [0.29, 0.717) is 0 Å². The van der Waals surface area contributed by atoms with Gasteiger partial charge in [0.05, 0.1) is 0 Å². The van der Waals surface area contributed by atoms with Crippen LogP contribution in [0.15, 0.2) is 66.2 Å². The topological polar surface area (TPSA) is 12.0 Å². The number of hydrogen-bond acceptors (Lipinski definition) is 1. The van der Waals surface area contributed by atoms with Crippen molar-refractivity contribution in [3.8, 4) is 0 Å². The average molecular weight is 249 g/mol. The molecule has 0 bridgehead atoms. The van der Waals surface area contributed by atoms with Gasteiger partial charge in [0.1, 0.15) is 0 Å². The molecule has 3 rings (SSSR count). The third-order valence-corrected chi connectivity index (χ3v) is 3.65. The molecule has 1 saturated heterocycles. The Labute approximate surface area is 115 Å². The Morgan fingerprint density at radius 2 is 1.37 bits per heavy atom. The van der Waals surface area contributed by atoms with Gasteiger partial charge in [0.2, 0.25) is 0 Å². The van der Waals surface area contributed by atoms with Gasteiger partial charge in [0.25, 0.3) is 0 Å². The molecule has 1 heterocycles. The van der Waals surface area contributed by atoms with Crippen LogP contribution in [-0.4, -0.2) is 13.1 Å². The van der Waals surface area contributed by atoms with Crippen LogP contribution >= 0.6 is 0 Å². The first-order valence-electron chi connectivity index (χ1n) is 6.99. The van der Waals surface area contributed by atoms with Crippen molar-refractivity contribution in [2.75, 3.05) is 13.1 Å². The van der Waals surface area contributed by atoms with E-state index in [2.05, 4.69) is 66.0 Å². The Morgan fingerprint density at radius 3 is 1.84 bits per heavy atom. The summed E-state index contributed by atoms with van der Waals surface area (Å²) in [6.45, 7) is 2.15. The molecule has 1 fully saturated rings. The van der Waals surface area contributed by atoms with Crippen LogP contribution in [0.25, 0.3) is 5.57 Å². The predicted octanol–water partition coefficient (Wildman–Crippen LogP) is 3.87. The molecule has 1 aliphatic heterocycles. The molecule has 2 aromatic carbocycles. The molecule has 1 aliphatic rings. The number of benzene rings is 2. The smallest absolute Gasteiger partial charge is 0.0174 e. The maximum atomic E-state index is 3.50. The maximum absolute atomic E-state index is 3.50. The van der Waals surface area contributed by atoms with Gasteiger partial charge in [-0.1, -0.05) is 60.7 Å². The van der Waals surface area contributed by atoms with Gasteiger partial charge in [0, 0.05) is 6.54 Å². The lowest BCUT2D eigenvalue weighted by Crippen LogP contribution is -2.24. The highest BCUT2D eigenvalue weighted by atomic mass is 14.9. The van der Waals surface area contributed by atoms with E-state index >= 15 is 0 Å². The van der Waals surface area contributed by atoms with Gasteiger partial charge in [-0.05, 0) is 41.7 Å². The second-order valence-electron chi connectivity index (χ2n) is 4.99. The summed E-state index contributed by atoms with van der Waals surface area (Å²) in [7, 11) is 0. The molecule has 96 valence electrons. The van der Waals surface area contributed by atoms with Crippen LogP contribution < -0.4 is 5.32 Å². The lowest BCUT2D eigenvalue weighted by molar-refractivity contribution is 0.611. The van der Waals surface area contributed by atoms with Crippen LogP contribution in [0.3, 0.4) is 0 Å². The molecular weight excluding hydrogens is 230 g/mol. The first-order chi connectivity index (χ1) is 9.45. The predicted molar refractivity (Wildman–Crippen MR) is 81.0 cm³/mol. The summed E-state index contributed by atoms with van der Waals surface area (Å²) in [6.07, 6.45) is 2.44. The number of rotatable bonds is 2. The molecule has 0 atom stereocenters. The van der Waals surface area contributed by atoms with Crippen molar-refractivity contribution in [1.29, 1.82) is 0 Å². The van der Waals surface area contributed by atoms with Crippen molar-refractivity contribution in [3.63, 3.8) is 0 Å². The maximum Gasteiger partial charge on any atom is 0.0174 e. The Morgan fingerprint density at radius 1 is 0.789 bits per heavy atom. The fraction of sp³-hybridized carbons (Fsp3) is 0.222. The lowest BCUT2D eigenvalue weighted by Gasteiger charge is -2.21. The Bertz CT molecular complexity index is 505. The van der Waals surface area contributed by atoms with Crippen LogP contribution in [0, 0.1) is 0 Å². The normalized spacial score (nSPS) is 15.3. The molecule has 0 unspecified atom stereocenters. The number of hydrogen-bond donors (Lipinski definition) is 1. The molecule has 1 nitrogen and oxygen atoms in total. The summed E-state index contributed by atoms with van der Waals surface area (Å²) < 4.78 is 0. The highest BCUT2D eigenvalue weighted by Gasteiger charge is 2.13. The van der Waals surface area contributed by atoms with Crippen molar-refractivity contribution >= 4 is 5.57 Å². The van der Waals surface area contributed by atoms with E-state index in [4.69, 9.17) is 0 Å². The van der Waals surface area contributed by atoms with Gasteiger partial charge in [-0.25, -0.2) is 0 Å². The Kier molecular flexibility index (Phi) is 3.75. The van der Waals surface area contributed by atoms with Crippen molar-refractivity contribution in [2.24, 2.45) is 0 Å². The van der Waals surface area contributed by atoms with E-state index in [1.54, 1.807) is 0 Å². The highest BCUT2D eigenvalue weighted by Crippen LogP contribution is 2.29. The number of piperidine rings is 1. The fourth-order valence-corrected chi connectivity index (χ4v) is 2.75. The second kappa shape index (κ2) is 5.85. The minimum absolute atomic E-state index is 1.01. The Balaban J connectivity index is 2.11. The van der Waals surface area contributed by atoms with Crippen molar-refractivity contribution in [2.45, 2.75) is 12.8 Å². The van der Waals surface area contributed by atoms with Gasteiger partial charge in [-0.15, -0.1) is 0 Å². The first-order valence-corrected chi connectivity index (χ1v) is 6.99. The summed E-state index contributed by atoms with van der Waals surface area (Å²) in [5, 5.41) is 3.50. The monoisotopic (exact) mass is 249 g/mol. The van der Waals surface area contributed by atoms with Crippen LogP contribution in [0.5, 0.6) is 0 Å². The van der Waals surface area contributed by atoms with E-state index in [9.17, 15) is 0 Å². The van der Waals surface area contributed by atoms with E-state index in [1.807, 2.05) is 0 Å². The van der Waals surface area contributed by atoms with E-state index < -0.39 is 0 Å². The van der Waals surface area contributed by atoms with Gasteiger partial charge in [-0.3, -0.25) is 0 Å². The van der Waals surface area contributed by atoms with Crippen molar-refractivity contribution in [3.05, 3.63) is 77.4 Å². The summed E-state index contributed by atoms with van der Waals surface area (Å²) >= 11 is 0. The minimum Gasteiger partial charge on any atom is -0.313 e. The third-order valence-electron chi connectivity index (χ3n) is 3.65. The molecule has 1 heteroatoms. The fourth-order valence-electron chi connectivity index (χ4n) is 2.75. The van der Waals surface area contributed by atoms with Crippen LogP contribution in [0.4, 0.5) is 0 Å². The Hall–Kier alpha value is -1.86. The molecule has 0 saturated carbocycles. The molecular formula is C18H19N. The van der Waals surface area contributed by atoms with E-state index in [0.717, 1.165) is 13.1 Å². The first kappa shape index (κ1) is 12.2. The van der Waals surface area contributed by atoms with Crippen LogP contribution in [0.2, 0.25) is 0 Å². The third kappa shape index (κ3) is 2.77. The highest BCUT2D eigenvalue weighted by molar-refractivity contribution is 5.82. The SMILES string of the molecule is c1ccc(C(=C2CCCNC2)c2ccccc2)cc1. The van der Waals surface area contributed by atoms with Gasteiger partial charge in [-0.2, -0.15) is 0 Å². The molecule has 0 aliphatic carbocycles. The molecule has 0 amide bonds. The molecule has 0 aromatic heterocycles. The van der Waals surface area contributed by atoms with Crippen molar-refractivity contribution < 1.29 is 0 Å². The molecule has 0 spiro atoms. The van der Waals surface area contributed by atoms with Gasteiger partial charge >= 0.3 is 0 Å². The molecule has 19 heavy (non-hydrogen) atoms. The van der Waals surface area contributed by atoms with Crippen LogP contribution in [0.1, 0.15) is 24.0 Å². The van der Waals surface area contributed by atoms with E-state index in [-0.39, 0.29) is 0 Å². The zero-order chi connectivity index (χ0) is 12.9. The largest absolute Gasteiger partial charge is 0.313 e. The average Bonchev–Trinajstić information content (AvgIpc) is 2.51. The molecule has 1 N–H and O–H groups in total. The molecule has 2 aromatic rings. The van der Waals surface area contributed by atoms with Gasteiger partial charge in [0.15, 0.2) is 0 Å². The molecule has 0 radical (unpaired) electrons. The van der Waals surface area contributed by atoms with Crippen LogP contribution in [-0.2, 0) is 0 Å². The second-order valence-corrected chi connectivity index (χ2v) is 4.99. The summed E-state index contributed by atoms with van der Waals surface area (Å²) in [5.74, 6) is 0. The summed E-state index contributed by atoms with van der Waals surface area (Å²) in [5.41, 5.74) is 5.59. The summed E-state index contributed by atoms with van der Waals surface area (Å²) in [4.78, 5) is 0. The van der Waals surface area contributed by atoms with Crippen molar-refractivity contribution in [1.82, 2.24) is 5.32 Å². The lowest BCUT2D eigenvalue weighted by atomic mass is 9.90. The van der Waals surface area contributed by atoms with Gasteiger partial charge < -0.3 is 5.32 Å². The quantitative estimate of drug-likeness (QED) is 0.852. The zero-order valence-electron chi connectivity index (χ0n) is 11.1. The minimum atomic E-state index is 1.01. The zero-order valence-corrected chi connectivity index (χ0v) is 11.1. The summed E-state index contributed by atoms with van der Waals surface area (Å²) in [6, 6.07) is 21.5. The van der Waals surface area contributed by atoms with E-state index in [1.165, 1.54) is 35.1 Å².